The molecule has 5 nitrogen and oxygen atoms in total. The van der Waals surface area contributed by atoms with Crippen molar-refractivity contribution in [1.29, 1.82) is 0 Å². The number of aliphatic hydroxyl groups excluding tert-OH is 3. The van der Waals surface area contributed by atoms with Crippen LogP contribution in [0.4, 0.5) is 0 Å². The first-order valence-electron chi connectivity index (χ1n) is 4.15. The fraction of sp³-hybridized carbons (Fsp3) is 1.00. The maximum Gasteiger partial charge on any atom is 0.184 e. The predicted octanol–water partition coefficient (Wildman–Crippen LogP) is -1.15. The SMILES string of the molecule is CO[C@H]1[C@@H](O)[C@@H](O)C(O)OC1(C)C. The zero-order chi connectivity index (χ0) is 10.2. The topological polar surface area (TPSA) is 79.2 Å². The third-order valence-corrected chi connectivity index (χ3v) is 2.32. The Morgan fingerprint density at radius 1 is 1.15 bits per heavy atom. The summed E-state index contributed by atoms with van der Waals surface area (Å²) in [6, 6.07) is 0. The molecule has 0 radical (unpaired) electrons. The lowest BCUT2D eigenvalue weighted by Gasteiger charge is -2.45. The van der Waals surface area contributed by atoms with Crippen LogP contribution in [-0.4, -0.2) is 52.6 Å². The van der Waals surface area contributed by atoms with Crippen molar-refractivity contribution in [2.45, 2.75) is 44.1 Å². The quantitative estimate of drug-likeness (QED) is 0.489. The molecule has 3 N–H and O–H groups in total. The van der Waals surface area contributed by atoms with Crippen LogP contribution >= 0.6 is 0 Å². The van der Waals surface area contributed by atoms with Gasteiger partial charge in [0.15, 0.2) is 6.29 Å². The minimum atomic E-state index is -1.36. The molecule has 0 amide bonds. The maximum atomic E-state index is 9.53. The Balaban J connectivity index is 2.82. The third-order valence-electron chi connectivity index (χ3n) is 2.32. The van der Waals surface area contributed by atoms with Crippen LogP contribution in [0.15, 0.2) is 0 Å². The fourth-order valence-corrected chi connectivity index (χ4v) is 1.63. The minimum Gasteiger partial charge on any atom is -0.387 e. The Bertz CT molecular complexity index is 181. The van der Waals surface area contributed by atoms with Gasteiger partial charge in [-0.15, -0.1) is 0 Å². The standard InChI is InChI=1S/C8H16O5/c1-8(2)6(12-3)4(9)5(10)7(11)13-8/h4-7,9-11H,1-3H3/t4-,5+,6-,7?/m0/s1. The monoisotopic (exact) mass is 192 g/mol. The second-order valence-corrected chi connectivity index (χ2v) is 3.75. The number of ether oxygens (including phenoxy) is 2. The first-order valence-corrected chi connectivity index (χ1v) is 4.15. The van der Waals surface area contributed by atoms with E-state index >= 15 is 0 Å². The Morgan fingerprint density at radius 2 is 1.69 bits per heavy atom. The van der Waals surface area contributed by atoms with E-state index in [1.807, 2.05) is 0 Å². The highest BCUT2D eigenvalue weighted by Crippen LogP contribution is 2.30. The van der Waals surface area contributed by atoms with Crippen molar-refractivity contribution in [3.05, 3.63) is 0 Å². The van der Waals surface area contributed by atoms with E-state index in [1.165, 1.54) is 7.11 Å². The van der Waals surface area contributed by atoms with Gasteiger partial charge in [-0.3, -0.25) is 0 Å². The number of hydrogen-bond acceptors (Lipinski definition) is 5. The summed E-state index contributed by atoms with van der Waals surface area (Å²) in [5.41, 5.74) is -0.813. The minimum absolute atomic E-state index is 0.647. The molecule has 13 heavy (non-hydrogen) atoms. The molecule has 0 aliphatic carbocycles. The maximum absolute atomic E-state index is 9.53. The zero-order valence-electron chi connectivity index (χ0n) is 7.97. The first-order chi connectivity index (χ1) is 5.90. The molecule has 4 atom stereocenters. The highest BCUT2D eigenvalue weighted by Gasteiger charge is 2.48. The molecular formula is C8H16O5. The van der Waals surface area contributed by atoms with Crippen molar-refractivity contribution in [1.82, 2.24) is 0 Å². The van der Waals surface area contributed by atoms with E-state index in [1.54, 1.807) is 13.8 Å². The summed E-state index contributed by atoms with van der Waals surface area (Å²) >= 11 is 0. The van der Waals surface area contributed by atoms with E-state index in [0.717, 1.165) is 0 Å². The summed E-state index contributed by atoms with van der Waals surface area (Å²) in [7, 11) is 1.42. The van der Waals surface area contributed by atoms with Gasteiger partial charge < -0.3 is 24.8 Å². The molecule has 0 saturated carbocycles. The molecule has 0 aromatic carbocycles. The van der Waals surface area contributed by atoms with E-state index in [4.69, 9.17) is 9.47 Å². The number of aliphatic hydroxyl groups is 3. The molecule has 0 spiro atoms. The average Bonchev–Trinajstić information content (AvgIpc) is 2.00. The highest BCUT2D eigenvalue weighted by atomic mass is 16.7. The smallest absolute Gasteiger partial charge is 0.184 e. The third kappa shape index (κ3) is 1.84. The molecule has 1 unspecified atom stereocenters. The number of rotatable bonds is 1. The molecule has 1 aliphatic rings. The molecule has 1 aliphatic heterocycles. The van der Waals surface area contributed by atoms with Crippen LogP contribution in [0.3, 0.4) is 0 Å². The molecular weight excluding hydrogens is 176 g/mol. The first kappa shape index (κ1) is 10.9. The molecule has 1 heterocycles. The predicted molar refractivity (Wildman–Crippen MR) is 44.0 cm³/mol. The fourth-order valence-electron chi connectivity index (χ4n) is 1.63. The van der Waals surface area contributed by atoms with Crippen LogP contribution in [0.1, 0.15) is 13.8 Å². The summed E-state index contributed by atoms with van der Waals surface area (Å²) < 4.78 is 10.1. The Morgan fingerprint density at radius 3 is 2.15 bits per heavy atom. The van der Waals surface area contributed by atoms with Crippen LogP contribution in [0.25, 0.3) is 0 Å². The zero-order valence-corrected chi connectivity index (χ0v) is 7.97. The number of methoxy groups -OCH3 is 1. The van der Waals surface area contributed by atoms with Gasteiger partial charge in [-0.2, -0.15) is 0 Å². The summed E-state index contributed by atoms with van der Waals surface area (Å²) in [6.45, 7) is 3.36. The second kappa shape index (κ2) is 3.51. The van der Waals surface area contributed by atoms with E-state index in [9.17, 15) is 15.3 Å². The Kier molecular flexibility index (Phi) is 2.94. The molecule has 0 aromatic heterocycles. The van der Waals surface area contributed by atoms with E-state index in [-0.39, 0.29) is 0 Å². The van der Waals surface area contributed by atoms with Gasteiger partial charge in [0.05, 0.1) is 5.60 Å². The summed E-state index contributed by atoms with van der Waals surface area (Å²) in [5, 5.41) is 28.0. The normalized spacial score (nSPS) is 44.8. The van der Waals surface area contributed by atoms with Crippen LogP contribution in [0, 0.1) is 0 Å². The molecule has 0 aromatic rings. The molecule has 1 fully saturated rings. The van der Waals surface area contributed by atoms with Crippen molar-refractivity contribution >= 4 is 0 Å². The van der Waals surface area contributed by atoms with Gasteiger partial charge in [0, 0.05) is 7.11 Å². The molecule has 1 saturated heterocycles. The molecule has 5 heteroatoms. The van der Waals surface area contributed by atoms with Crippen LogP contribution in [0.5, 0.6) is 0 Å². The van der Waals surface area contributed by atoms with Crippen LogP contribution < -0.4 is 0 Å². The van der Waals surface area contributed by atoms with Gasteiger partial charge in [0.2, 0.25) is 0 Å². The van der Waals surface area contributed by atoms with Crippen molar-refractivity contribution in [2.24, 2.45) is 0 Å². The molecule has 1 rings (SSSR count). The van der Waals surface area contributed by atoms with Crippen LogP contribution in [-0.2, 0) is 9.47 Å². The average molecular weight is 192 g/mol. The van der Waals surface area contributed by atoms with Crippen molar-refractivity contribution in [3.63, 3.8) is 0 Å². The summed E-state index contributed by atoms with van der Waals surface area (Å²) in [6.07, 6.45) is -4.47. The van der Waals surface area contributed by atoms with Gasteiger partial charge in [-0.1, -0.05) is 0 Å². The highest BCUT2D eigenvalue weighted by molar-refractivity contribution is 4.95. The van der Waals surface area contributed by atoms with E-state index in [0.29, 0.717) is 0 Å². The largest absolute Gasteiger partial charge is 0.387 e. The van der Waals surface area contributed by atoms with Gasteiger partial charge in [-0.25, -0.2) is 0 Å². The lowest BCUT2D eigenvalue weighted by Crippen LogP contribution is -2.62. The lowest BCUT2D eigenvalue weighted by molar-refractivity contribution is -0.314. The second-order valence-electron chi connectivity index (χ2n) is 3.75. The van der Waals surface area contributed by atoms with Crippen molar-refractivity contribution < 1.29 is 24.8 Å². The molecule has 0 bridgehead atoms. The number of hydrogen-bond donors (Lipinski definition) is 3. The van der Waals surface area contributed by atoms with Gasteiger partial charge >= 0.3 is 0 Å². The lowest BCUT2D eigenvalue weighted by atomic mass is 9.90. The van der Waals surface area contributed by atoms with Crippen LogP contribution in [0.2, 0.25) is 0 Å². The summed E-state index contributed by atoms with van der Waals surface area (Å²) in [5.74, 6) is 0. The summed E-state index contributed by atoms with van der Waals surface area (Å²) in [4.78, 5) is 0. The van der Waals surface area contributed by atoms with Crippen molar-refractivity contribution in [3.8, 4) is 0 Å². The van der Waals surface area contributed by atoms with Gasteiger partial charge in [0.1, 0.15) is 18.3 Å². The Hall–Kier alpha value is -0.200. The Labute approximate surface area is 76.9 Å². The van der Waals surface area contributed by atoms with E-state index in [2.05, 4.69) is 0 Å². The van der Waals surface area contributed by atoms with Gasteiger partial charge in [0.25, 0.3) is 0 Å². The van der Waals surface area contributed by atoms with Crippen molar-refractivity contribution in [2.75, 3.05) is 7.11 Å². The van der Waals surface area contributed by atoms with Gasteiger partial charge in [-0.05, 0) is 13.8 Å². The molecule has 78 valence electrons. The van der Waals surface area contributed by atoms with E-state index < -0.39 is 30.2 Å².